The lowest BCUT2D eigenvalue weighted by atomic mass is 10.3. The topological polar surface area (TPSA) is 63.6 Å². The van der Waals surface area contributed by atoms with Crippen molar-refractivity contribution in [3.63, 3.8) is 0 Å². The normalized spacial score (nSPS) is 14.7. The van der Waals surface area contributed by atoms with Crippen molar-refractivity contribution < 1.29 is 17.7 Å². The van der Waals surface area contributed by atoms with Gasteiger partial charge in [-0.25, -0.2) is 0 Å². The summed E-state index contributed by atoms with van der Waals surface area (Å²) >= 11 is 0. The first-order chi connectivity index (χ1) is 6.02. The highest BCUT2D eigenvalue weighted by Gasteiger charge is 2.22. The summed E-state index contributed by atoms with van der Waals surface area (Å²) in [7, 11) is -4.08. The predicted molar refractivity (Wildman–Crippen MR) is 50.8 cm³/mol. The number of allylic oxidation sites excluding steroid dienone is 1. The number of hydrogen-bond donors (Lipinski definition) is 1. The van der Waals surface area contributed by atoms with Crippen LogP contribution in [0.4, 0.5) is 0 Å². The van der Waals surface area contributed by atoms with Crippen LogP contribution in [-0.4, -0.2) is 18.4 Å². The van der Waals surface area contributed by atoms with E-state index in [0.717, 1.165) is 6.42 Å². The molecule has 78 valence electrons. The van der Waals surface area contributed by atoms with Gasteiger partial charge in [0.15, 0.2) is 0 Å². The van der Waals surface area contributed by atoms with Crippen LogP contribution in [0.1, 0.15) is 33.1 Å². The molecule has 0 aromatic rings. The lowest BCUT2D eigenvalue weighted by Gasteiger charge is -2.12. The fourth-order valence-corrected chi connectivity index (χ4v) is 1.49. The third kappa shape index (κ3) is 5.65. The molecule has 13 heavy (non-hydrogen) atoms. The zero-order chi connectivity index (χ0) is 10.3. The second-order valence-electron chi connectivity index (χ2n) is 2.69. The molecule has 0 spiro atoms. The van der Waals surface area contributed by atoms with E-state index < -0.39 is 15.6 Å². The van der Waals surface area contributed by atoms with Gasteiger partial charge in [-0.1, -0.05) is 19.4 Å². The fourth-order valence-electron chi connectivity index (χ4n) is 0.824. The van der Waals surface area contributed by atoms with Crippen molar-refractivity contribution in [2.24, 2.45) is 0 Å². The van der Waals surface area contributed by atoms with Gasteiger partial charge in [0.25, 0.3) is 0 Å². The van der Waals surface area contributed by atoms with Crippen LogP contribution in [0, 0.1) is 0 Å². The first kappa shape index (κ1) is 12.4. The quantitative estimate of drug-likeness (QED) is 0.535. The van der Waals surface area contributed by atoms with Crippen LogP contribution >= 0.6 is 0 Å². The van der Waals surface area contributed by atoms with Crippen molar-refractivity contribution in [1.82, 2.24) is 0 Å². The average Bonchev–Trinajstić information content (AvgIpc) is 2.02. The molecule has 0 amide bonds. The SMILES string of the molecule is CC=COC(CCCC)S(=O)(=O)O. The van der Waals surface area contributed by atoms with Crippen LogP contribution < -0.4 is 0 Å². The highest BCUT2D eigenvalue weighted by Crippen LogP contribution is 2.10. The lowest BCUT2D eigenvalue weighted by molar-refractivity contribution is 0.187. The highest BCUT2D eigenvalue weighted by molar-refractivity contribution is 7.86. The van der Waals surface area contributed by atoms with Crippen LogP contribution in [0.2, 0.25) is 0 Å². The lowest BCUT2D eigenvalue weighted by Crippen LogP contribution is -2.21. The van der Waals surface area contributed by atoms with Crippen molar-refractivity contribution >= 4 is 10.1 Å². The maximum absolute atomic E-state index is 10.7. The molecule has 0 bridgehead atoms. The first-order valence-corrected chi connectivity index (χ1v) is 5.75. The van der Waals surface area contributed by atoms with Crippen LogP contribution in [-0.2, 0) is 14.9 Å². The number of unbranched alkanes of at least 4 members (excludes halogenated alkanes) is 1. The van der Waals surface area contributed by atoms with E-state index >= 15 is 0 Å². The minimum atomic E-state index is -4.08. The van der Waals surface area contributed by atoms with Crippen LogP contribution in [0.3, 0.4) is 0 Å². The van der Waals surface area contributed by atoms with Gasteiger partial charge in [0, 0.05) is 6.42 Å². The molecule has 0 aromatic heterocycles. The Morgan fingerprint density at radius 3 is 2.54 bits per heavy atom. The smallest absolute Gasteiger partial charge is 0.303 e. The molecule has 0 aliphatic heterocycles. The highest BCUT2D eigenvalue weighted by atomic mass is 32.2. The predicted octanol–water partition coefficient (Wildman–Crippen LogP) is 1.94. The summed E-state index contributed by atoms with van der Waals surface area (Å²) in [5, 5.41) is 0. The van der Waals surface area contributed by atoms with E-state index in [-0.39, 0.29) is 0 Å². The zero-order valence-electron chi connectivity index (χ0n) is 7.93. The molecule has 5 heteroatoms. The Labute approximate surface area is 79.3 Å². The molecule has 0 heterocycles. The summed E-state index contributed by atoms with van der Waals surface area (Å²) < 4.78 is 35.1. The van der Waals surface area contributed by atoms with Gasteiger partial charge in [-0.05, 0) is 13.3 Å². The second-order valence-corrected chi connectivity index (χ2v) is 4.25. The molecule has 1 atom stereocenters. The minimum absolute atomic E-state index is 0.319. The number of ether oxygens (including phenoxy) is 1. The third-order valence-corrected chi connectivity index (χ3v) is 2.50. The number of hydrogen-bond acceptors (Lipinski definition) is 3. The van der Waals surface area contributed by atoms with E-state index in [2.05, 4.69) is 0 Å². The molecule has 1 N–H and O–H groups in total. The Kier molecular flexibility index (Phi) is 5.73. The average molecular weight is 208 g/mol. The second kappa shape index (κ2) is 5.99. The summed E-state index contributed by atoms with van der Waals surface area (Å²) in [5.74, 6) is 0. The molecular formula is C8H16O4S. The molecule has 0 saturated carbocycles. The van der Waals surface area contributed by atoms with Crippen molar-refractivity contribution in [3.05, 3.63) is 12.3 Å². The Bertz CT molecular complexity index is 243. The molecule has 0 rings (SSSR count). The van der Waals surface area contributed by atoms with Gasteiger partial charge < -0.3 is 4.74 Å². The van der Waals surface area contributed by atoms with Crippen molar-refractivity contribution in [2.75, 3.05) is 0 Å². The van der Waals surface area contributed by atoms with Gasteiger partial charge in [0.2, 0.25) is 5.44 Å². The molecule has 0 fully saturated rings. The minimum Gasteiger partial charge on any atom is -0.480 e. The molecule has 4 nitrogen and oxygen atoms in total. The first-order valence-electron chi connectivity index (χ1n) is 4.25. The number of rotatable bonds is 6. The summed E-state index contributed by atoms with van der Waals surface area (Å²) in [6, 6.07) is 0. The largest absolute Gasteiger partial charge is 0.480 e. The summed E-state index contributed by atoms with van der Waals surface area (Å²) in [6.45, 7) is 3.65. The van der Waals surface area contributed by atoms with E-state index in [1.165, 1.54) is 6.26 Å². The van der Waals surface area contributed by atoms with Gasteiger partial charge in [-0.2, -0.15) is 8.42 Å². The van der Waals surface area contributed by atoms with Gasteiger partial charge in [0.1, 0.15) is 0 Å². The summed E-state index contributed by atoms with van der Waals surface area (Å²) in [4.78, 5) is 0. The van der Waals surface area contributed by atoms with Gasteiger partial charge in [-0.3, -0.25) is 4.55 Å². The van der Waals surface area contributed by atoms with E-state index in [9.17, 15) is 8.42 Å². The third-order valence-electron chi connectivity index (χ3n) is 1.49. The molecule has 1 unspecified atom stereocenters. The van der Waals surface area contributed by atoms with E-state index in [1.54, 1.807) is 13.0 Å². The Morgan fingerprint density at radius 2 is 2.15 bits per heavy atom. The Morgan fingerprint density at radius 1 is 1.54 bits per heavy atom. The van der Waals surface area contributed by atoms with Crippen molar-refractivity contribution in [1.29, 1.82) is 0 Å². The van der Waals surface area contributed by atoms with Gasteiger partial charge >= 0.3 is 10.1 Å². The summed E-state index contributed by atoms with van der Waals surface area (Å²) in [5.41, 5.74) is -1.12. The van der Waals surface area contributed by atoms with Gasteiger partial charge in [0.05, 0.1) is 6.26 Å². The standard InChI is InChI=1S/C8H16O4S/c1-3-5-6-8(12-7-4-2)13(9,10)11/h4,7-8H,3,5-6H2,1-2H3,(H,9,10,11). The van der Waals surface area contributed by atoms with Crippen LogP contribution in [0.5, 0.6) is 0 Å². The molecule has 0 aromatic carbocycles. The fraction of sp³-hybridized carbons (Fsp3) is 0.750. The van der Waals surface area contributed by atoms with Crippen LogP contribution in [0.25, 0.3) is 0 Å². The van der Waals surface area contributed by atoms with Gasteiger partial charge in [-0.15, -0.1) is 0 Å². The van der Waals surface area contributed by atoms with E-state index in [0.29, 0.717) is 12.8 Å². The molecule has 0 saturated heterocycles. The molecular weight excluding hydrogens is 192 g/mol. The van der Waals surface area contributed by atoms with Crippen LogP contribution in [0.15, 0.2) is 12.3 Å². The molecule has 0 radical (unpaired) electrons. The maximum Gasteiger partial charge on any atom is 0.303 e. The monoisotopic (exact) mass is 208 g/mol. The van der Waals surface area contributed by atoms with Crippen molar-refractivity contribution in [3.8, 4) is 0 Å². The summed E-state index contributed by atoms with van der Waals surface area (Å²) in [6.07, 6.45) is 4.74. The van der Waals surface area contributed by atoms with Crippen molar-refractivity contribution in [2.45, 2.75) is 38.5 Å². The maximum atomic E-state index is 10.7. The van der Waals surface area contributed by atoms with E-state index in [1.807, 2.05) is 6.92 Å². The zero-order valence-corrected chi connectivity index (χ0v) is 8.75. The molecule has 0 aliphatic rings. The Balaban J connectivity index is 4.20. The molecule has 0 aliphatic carbocycles. The Hall–Kier alpha value is -0.550. The van der Waals surface area contributed by atoms with E-state index in [4.69, 9.17) is 9.29 Å².